The van der Waals surface area contributed by atoms with Crippen molar-refractivity contribution >= 4 is 22.9 Å². The summed E-state index contributed by atoms with van der Waals surface area (Å²) in [6, 6.07) is 3.74. The van der Waals surface area contributed by atoms with Crippen molar-refractivity contribution < 1.29 is 13.6 Å². The molecule has 0 saturated heterocycles. The Morgan fingerprint density at radius 3 is 2.48 bits per heavy atom. The van der Waals surface area contributed by atoms with Gasteiger partial charge in [-0.05, 0) is 31.0 Å². The van der Waals surface area contributed by atoms with Gasteiger partial charge in [-0.3, -0.25) is 4.79 Å². The molecule has 0 unspecified atom stereocenters. The first kappa shape index (κ1) is 17.4. The van der Waals surface area contributed by atoms with Gasteiger partial charge in [0.2, 0.25) is 5.78 Å². The molecule has 5 rings (SSSR count). The van der Waals surface area contributed by atoms with Gasteiger partial charge in [0, 0.05) is 47.4 Å². The first-order valence-electron chi connectivity index (χ1n) is 9.05. The van der Waals surface area contributed by atoms with E-state index in [0.29, 0.717) is 22.9 Å². The highest BCUT2D eigenvalue weighted by atomic mass is 19.1. The number of nitrogen functional groups attached to an aromatic ring is 1. The Bertz CT molecular complexity index is 1190. The van der Waals surface area contributed by atoms with Gasteiger partial charge in [0.15, 0.2) is 11.6 Å². The number of halogens is 2. The van der Waals surface area contributed by atoms with E-state index in [2.05, 4.69) is 20.3 Å². The summed E-state index contributed by atoms with van der Waals surface area (Å²) in [4.78, 5) is 25.9. The topological polar surface area (TPSA) is 95.9 Å². The predicted molar refractivity (Wildman–Crippen MR) is 102 cm³/mol. The molecule has 3 heterocycles. The molecular weight excluding hydrogens is 376 g/mol. The second-order valence-corrected chi connectivity index (χ2v) is 7.03. The zero-order valence-corrected chi connectivity index (χ0v) is 15.1. The maximum Gasteiger partial charge on any atom is 0.201 e. The van der Waals surface area contributed by atoms with Crippen LogP contribution in [0.4, 0.5) is 20.3 Å². The molecule has 6 nitrogen and oxygen atoms in total. The number of hydrogen-bond acceptors (Lipinski definition) is 5. The van der Waals surface area contributed by atoms with Crippen LogP contribution in [0, 0.1) is 11.6 Å². The number of rotatable bonds is 4. The molecule has 1 saturated carbocycles. The molecule has 8 heteroatoms. The Hall–Kier alpha value is -3.68. The van der Waals surface area contributed by atoms with Crippen molar-refractivity contribution in [3.8, 4) is 11.1 Å². The van der Waals surface area contributed by atoms with Gasteiger partial charge in [0.05, 0.1) is 16.8 Å². The van der Waals surface area contributed by atoms with Gasteiger partial charge >= 0.3 is 0 Å². The van der Waals surface area contributed by atoms with Gasteiger partial charge < -0.3 is 5.73 Å². The molecule has 2 N–H and O–H groups in total. The molecule has 1 aliphatic heterocycles. The number of anilines is 1. The molecule has 143 valence electrons. The molecule has 0 atom stereocenters. The van der Waals surface area contributed by atoms with E-state index >= 15 is 0 Å². The third kappa shape index (κ3) is 2.93. The van der Waals surface area contributed by atoms with Crippen molar-refractivity contribution in [3.63, 3.8) is 0 Å². The number of hydrogen-bond donors (Lipinski definition) is 1. The fourth-order valence-electron chi connectivity index (χ4n) is 3.24. The minimum Gasteiger partial charge on any atom is -0.396 e. The number of aromatic nitrogens is 3. The maximum atomic E-state index is 14.3. The average molecular weight is 390 g/mol. The number of benzene rings is 1. The molecule has 3 aromatic rings. The number of pyridine rings is 1. The summed E-state index contributed by atoms with van der Waals surface area (Å²) >= 11 is 0. The van der Waals surface area contributed by atoms with E-state index in [4.69, 9.17) is 5.73 Å². The lowest BCUT2D eigenvalue weighted by atomic mass is 9.96. The van der Waals surface area contributed by atoms with Gasteiger partial charge in [-0.2, -0.15) is 0 Å². The number of allylic oxidation sites excluding steroid dienone is 1. The van der Waals surface area contributed by atoms with Crippen LogP contribution >= 0.6 is 0 Å². The number of carbonyl (C=O) groups excluding carboxylic acids is 1. The van der Waals surface area contributed by atoms with Crippen LogP contribution in [0.3, 0.4) is 0 Å². The molecule has 1 radical (unpaired) electrons. The Morgan fingerprint density at radius 2 is 1.76 bits per heavy atom. The number of nitrogens with zero attached hydrogens (tertiary/aromatic N) is 4. The summed E-state index contributed by atoms with van der Waals surface area (Å²) in [5, 5.41) is 4.09. The van der Waals surface area contributed by atoms with Crippen LogP contribution in [0.2, 0.25) is 0 Å². The molecule has 1 fully saturated rings. The van der Waals surface area contributed by atoms with Crippen molar-refractivity contribution in [2.45, 2.75) is 18.8 Å². The largest absolute Gasteiger partial charge is 0.396 e. The lowest BCUT2D eigenvalue weighted by Crippen LogP contribution is -2.09. The van der Waals surface area contributed by atoms with Crippen LogP contribution in [0.25, 0.3) is 16.7 Å². The summed E-state index contributed by atoms with van der Waals surface area (Å²) < 4.78 is 28.5. The molecule has 1 aliphatic carbocycles. The molecular formula is C21H14F2N5O. The van der Waals surface area contributed by atoms with Crippen LogP contribution in [0.5, 0.6) is 0 Å². The molecule has 29 heavy (non-hydrogen) atoms. The summed E-state index contributed by atoms with van der Waals surface area (Å²) in [6.45, 7) is 0. The van der Waals surface area contributed by atoms with E-state index in [1.807, 2.05) is 0 Å². The molecule has 0 spiro atoms. The lowest BCUT2D eigenvalue weighted by molar-refractivity contribution is 0.104. The smallest absolute Gasteiger partial charge is 0.201 e. The van der Waals surface area contributed by atoms with Gasteiger partial charge in [-0.15, -0.1) is 0 Å². The van der Waals surface area contributed by atoms with E-state index in [9.17, 15) is 13.6 Å². The molecule has 0 bridgehead atoms. The SMILES string of the molecule is Nc1ccc(F)c(C(=O)C2=C[N]c3ncc(-c4cnc(C5CC5)nc4)cc32)c1F. The van der Waals surface area contributed by atoms with Crippen LogP contribution < -0.4 is 11.1 Å². The minimum absolute atomic E-state index is 0.0493. The van der Waals surface area contributed by atoms with Gasteiger partial charge in [-0.1, -0.05) is 0 Å². The van der Waals surface area contributed by atoms with E-state index < -0.39 is 23.0 Å². The normalized spacial score (nSPS) is 14.9. The van der Waals surface area contributed by atoms with Crippen molar-refractivity contribution in [2.24, 2.45) is 0 Å². The standard InChI is InChI=1S/C21H14F2N5O/c22-15-3-4-16(24)18(23)17(15)19(29)14-9-28-21-13(14)5-11(6-27-21)12-7-25-20(26-8-12)10-1-2-10/h3-10H,1-2,24H2. The van der Waals surface area contributed by atoms with Crippen molar-refractivity contribution in [2.75, 3.05) is 5.73 Å². The number of fused-ring (bicyclic) bond motifs is 1. The molecule has 1 aromatic carbocycles. The van der Waals surface area contributed by atoms with E-state index in [1.165, 1.54) is 6.20 Å². The minimum atomic E-state index is -1.09. The maximum absolute atomic E-state index is 14.3. The summed E-state index contributed by atoms with van der Waals surface area (Å²) in [5.74, 6) is -1.34. The molecule has 2 aromatic heterocycles. The first-order valence-corrected chi connectivity index (χ1v) is 9.05. The summed E-state index contributed by atoms with van der Waals surface area (Å²) in [7, 11) is 0. The predicted octanol–water partition coefficient (Wildman–Crippen LogP) is 3.75. The van der Waals surface area contributed by atoms with Crippen molar-refractivity contribution in [1.82, 2.24) is 20.3 Å². The highest BCUT2D eigenvalue weighted by molar-refractivity contribution is 6.31. The first-order chi connectivity index (χ1) is 14.0. The Balaban J connectivity index is 1.51. The van der Waals surface area contributed by atoms with Gasteiger partial charge in [0.25, 0.3) is 0 Å². The average Bonchev–Trinajstić information content (AvgIpc) is 3.50. The van der Waals surface area contributed by atoms with E-state index in [0.717, 1.165) is 36.4 Å². The van der Waals surface area contributed by atoms with E-state index in [-0.39, 0.29) is 11.3 Å². The van der Waals surface area contributed by atoms with Gasteiger partial charge in [-0.25, -0.2) is 29.0 Å². The second-order valence-electron chi connectivity index (χ2n) is 7.03. The summed E-state index contributed by atoms with van der Waals surface area (Å²) in [5.41, 5.74) is 6.33. The third-order valence-electron chi connectivity index (χ3n) is 5.01. The summed E-state index contributed by atoms with van der Waals surface area (Å²) in [6.07, 6.45) is 8.49. The Morgan fingerprint density at radius 1 is 1.03 bits per heavy atom. The molecule has 2 aliphatic rings. The van der Waals surface area contributed by atoms with Crippen LogP contribution in [0.15, 0.2) is 43.0 Å². The fourth-order valence-corrected chi connectivity index (χ4v) is 3.24. The number of carbonyl (C=O) groups is 1. The third-order valence-corrected chi connectivity index (χ3v) is 5.01. The fraction of sp³-hybridized carbons (Fsp3) is 0.143. The number of nitrogens with two attached hydrogens (primary N) is 1. The molecule has 0 amide bonds. The number of ketones is 1. The lowest BCUT2D eigenvalue weighted by Gasteiger charge is -2.09. The number of Topliss-reactive ketones (excluding diaryl/α,β-unsaturated/α-hetero) is 1. The zero-order valence-electron chi connectivity index (χ0n) is 15.1. The quantitative estimate of drug-likeness (QED) is 0.541. The Kier molecular flexibility index (Phi) is 3.87. The highest BCUT2D eigenvalue weighted by Gasteiger charge is 2.29. The van der Waals surface area contributed by atoms with Crippen molar-refractivity contribution in [1.29, 1.82) is 0 Å². The Labute approximate surface area is 164 Å². The van der Waals surface area contributed by atoms with Gasteiger partial charge in [0.1, 0.15) is 11.6 Å². The highest BCUT2D eigenvalue weighted by Crippen LogP contribution is 2.38. The van der Waals surface area contributed by atoms with Crippen LogP contribution in [-0.4, -0.2) is 20.7 Å². The zero-order chi connectivity index (χ0) is 20.1. The van der Waals surface area contributed by atoms with Crippen molar-refractivity contribution in [3.05, 3.63) is 71.6 Å². The monoisotopic (exact) mass is 390 g/mol. The van der Waals surface area contributed by atoms with Crippen LogP contribution in [0.1, 0.15) is 40.5 Å². The van der Waals surface area contributed by atoms with Crippen LogP contribution in [-0.2, 0) is 0 Å². The van der Waals surface area contributed by atoms with E-state index in [1.54, 1.807) is 24.7 Å². The second kappa shape index (κ2) is 6.44.